The van der Waals surface area contributed by atoms with Crippen LogP contribution in [0.25, 0.3) is 0 Å². The third kappa shape index (κ3) is 6.10. The molecule has 15 heavy (non-hydrogen) atoms. The quantitative estimate of drug-likeness (QED) is 0.524. The van der Waals surface area contributed by atoms with Gasteiger partial charge in [0.2, 0.25) is 0 Å². The van der Waals surface area contributed by atoms with Crippen molar-refractivity contribution in [1.82, 2.24) is 0 Å². The molecule has 0 aromatic heterocycles. The number of ketones is 1. The van der Waals surface area contributed by atoms with E-state index in [0.29, 0.717) is 0 Å². The molecule has 0 unspecified atom stereocenters. The van der Waals surface area contributed by atoms with Gasteiger partial charge in [-0.15, -0.1) is 0 Å². The Morgan fingerprint density at radius 3 is 2.07 bits per heavy atom. The van der Waals surface area contributed by atoms with Crippen LogP contribution in [0.3, 0.4) is 0 Å². The maximum Gasteiger partial charge on any atom is 0.392 e. The number of allylic oxidation sites excluding steroid dienone is 3. The van der Waals surface area contributed by atoms with Crippen molar-refractivity contribution >= 4 is 5.78 Å². The highest BCUT2D eigenvalue weighted by molar-refractivity contribution is 6.00. The van der Waals surface area contributed by atoms with Crippen LogP contribution in [0.5, 0.6) is 0 Å². The lowest BCUT2D eigenvalue weighted by molar-refractivity contribution is -0.125. The Morgan fingerprint density at radius 2 is 1.73 bits per heavy atom. The van der Waals surface area contributed by atoms with E-state index in [1.54, 1.807) is 20.8 Å². The summed E-state index contributed by atoms with van der Waals surface area (Å²) in [5, 5.41) is 0. The number of Topliss-reactive ketones (excluding diaryl/α,β-unsaturated/α-hetero) is 1. The smallest absolute Gasteiger partial charge is 0.294 e. The number of halogens is 3. The molecule has 0 N–H and O–H groups in total. The molecule has 0 heterocycles. The van der Waals surface area contributed by atoms with Gasteiger partial charge in [-0.2, -0.15) is 13.2 Å². The average molecular weight is 220 g/mol. The van der Waals surface area contributed by atoms with Gasteiger partial charge in [-0.05, 0) is 0 Å². The number of hydrogen-bond acceptors (Lipinski definition) is 1. The summed E-state index contributed by atoms with van der Waals surface area (Å²) in [7, 11) is 0. The van der Waals surface area contributed by atoms with Gasteiger partial charge in [-0.3, -0.25) is 4.79 Å². The molecule has 0 aliphatic heterocycles. The fourth-order valence-electron chi connectivity index (χ4n) is 0.892. The van der Waals surface area contributed by atoms with E-state index in [1.807, 2.05) is 0 Å². The highest BCUT2D eigenvalue weighted by Gasteiger charge is 2.25. The number of carbonyl (C=O) groups excluding carboxylic acids is 1. The van der Waals surface area contributed by atoms with Crippen molar-refractivity contribution in [3.63, 3.8) is 0 Å². The van der Waals surface area contributed by atoms with E-state index in [2.05, 4.69) is 6.58 Å². The minimum absolute atomic E-state index is 0.103. The van der Waals surface area contributed by atoms with Crippen molar-refractivity contribution in [2.45, 2.75) is 33.4 Å². The first-order valence-corrected chi connectivity index (χ1v) is 4.51. The van der Waals surface area contributed by atoms with Crippen molar-refractivity contribution in [1.29, 1.82) is 0 Å². The van der Waals surface area contributed by atoms with Gasteiger partial charge in [-0.1, -0.05) is 39.5 Å². The molecule has 86 valence electrons. The van der Waals surface area contributed by atoms with E-state index in [9.17, 15) is 18.0 Å². The molecule has 0 bridgehead atoms. The molecule has 0 atom stereocenters. The number of rotatable bonds is 3. The Morgan fingerprint density at radius 1 is 1.27 bits per heavy atom. The molecule has 0 amide bonds. The third-order valence-electron chi connectivity index (χ3n) is 1.64. The standard InChI is InChI=1S/C11H15F3O/c1-8(9(15)10(2,3)4)6-5-7-11(12,13)14/h5-6H,1,7H2,2-4H3/b6-5-. The molecule has 1 nitrogen and oxygen atoms in total. The Balaban J connectivity index is 4.34. The van der Waals surface area contributed by atoms with Gasteiger partial charge >= 0.3 is 6.18 Å². The van der Waals surface area contributed by atoms with Crippen LogP contribution in [-0.2, 0) is 4.79 Å². The molecule has 0 saturated carbocycles. The lowest BCUT2D eigenvalue weighted by Gasteiger charge is -2.16. The van der Waals surface area contributed by atoms with E-state index in [4.69, 9.17) is 0 Å². The molecule has 0 aliphatic carbocycles. The van der Waals surface area contributed by atoms with Gasteiger partial charge in [0.05, 0.1) is 6.42 Å². The van der Waals surface area contributed by atoms with Crippen LogP contribution in [0.15, 0.2) is 24.3 Å². The van der Waals surface area contributed by atoms with Crippen LogP contribution < -0.4 is 0 Å². The van der Waals surface area contributed by atoms with Gasteiger partial charge < -0.3 is 0 Å². The predicted molar refractivity (Wildman–Crippen MR) is 53.4 cm³/mol. The first kappa shape index (κ1) is 13.9. The molecular formula is C11H15F3O. The Kier molecular flexibility index (Phi) is 4.31. The topological polar surface area (TPSA) is 17.1 Å². The molecule has 0 spiro atoms. The average Bonchev–Trinajstić information content (AvgIpc) is 1.98. The molecule has 0 fully saturated rings. The molecule has 0 rings (SSSR count). The van der Waals surface area contributed by atoms with Crippen LogP contribution in [0, 0.1) is 5.41 Å². The first-order valence-electron chi connectivity index (χ1n) is 4.51. The monoisotopic (exact) mass is 220 g/mol. The molecular weight excluding hydrogens is 205 g/mol. The fourth-order valence-corrected chi connectivity index (χ4v) is 0.892. The van der Waals surface area contributed by atoms with Gasteiger partial charge in [0.25, 0.3) is 0 Å². The Labute approximate surface area is 87.7 Å². The van der Waals surface area contributed by atoms with Gasteiger partial charge in [-0.25, -0.2) is 0 Å². The number of hydrogen-bond donors (Lipinski definition) is 0. The Hall–Kier alpha value is -1.06. The minimum atomic E-state index is -4.23. The maximum absolute atomic E-state index is 11.8. The van der Waals surface area contributed by atoms with E-state index >= 15 is 0 Å². The van der Waals surface area contributed by atoms with Crippen molar-refractivity contribution in [2.75, 3.05) is 0 Å². The lowest BCUT2D eigenvalue weighted by atomic mass is 9.87. The molecule has 4 heteroatoms. The SMILES string of the molecule is C=C(/C=C\CC(F)(F)F)C(=O)C(C)(C)C. The van der Waals surface area contributed by atoms with Gasteiger partial charge in [0.1, 0.15) is 0 Å². The predicted octanol–water partition coefficient (Wildman–Crippen LogP) is 3.67. The summed E-state index contributed by atoms with van der Waals surface area (Å²) in [4.78, 5) is 11.5. The molecule has 0 radical (unpaired) electrons. The van der Waals surface area contributed by atoms with Crippen molar-refractivity contribution in [3.05, 3.63) is 24.3 Å². The minimum Gasteiger partial charge on any atom is -0.294 e. The second kappa shape index (κ2) is 4.64. The number of alkyl halides is 3. The summed E-state index contributed by atoms with van der Waals surface area (Å²) >= 11 is 0. The summed E-state index contributed by atoms with van der Waals surface area (Å²) in [6.45, 7) is 8.51. The van der Waals surface area contributed by atoms with E-state index in [1.165, 1.54) is 0 Å². The van der Waals surface area contributed by atoms with Crippen molar-refractivity contribution < 1.29 is 18.0 Å². The van der Waals surface area contributed by atoms with Crippen LogP contribution in [-0.4, -0.2) is 12.0 Å². The third-order valence-corrected chi connectivity index (χ3v) is 1.64. The zero-order valence-electron chi connectivity index (χ0n) is 9.11. The largest absolute Gasteiger partial charge is 0.392 e. The molecule has 0 aromatic carbocycles. The second-order valence-electron chi connectivity index (χ2n) is 4.33. The first-order chi connectivity index (χ1) is 6.54. The van der Waals surface area contributed by atoms with Crippen LogP contribution in [0.2, 0.25) is 0 Å². The highest BCUT2D eigenvalue weighted by atomic mass is 19.4. The zero-order valence-corrected chi connectivity index (χ0v) is 9.11. The van der Waals surface area contributed by atoms with Crippen molar-refractivity contribution in [2.24, 2.45) is 5.41 Å². The van der Waals surface area contributed by atoms with Gasteiger partial charge in [0.15, 0.2) is 5.78 Å². The lowest BCUT2D eigenvalue weighted by Crippen LogP contribution is -2.20. The molecule has 0 saturated heterocycles. The van der Waals surface area contributed by atoms with Crippen LogP contribution >= 0.6 is 0 Å². The summed E-state index contributed by atoms with van der Waals surface area (Å²) in [5.74, 6) is -0.249. The summed E-state index contributed by atoms with van der Waals surface area (Å²) in [6, 6.07) is 0. The molecule has 0 aliphatic rings. The summed E-state index contributed by atoms with van der Waals surface area (Å²) in [5.41, 5.74) is -0.508. The zero-order chi connectivity index (χ0) is 12.3. The van der Waals surface area contributed by atoms with Crippen LogP contribution in [0.4, 0.5) is 13.2 Å². The van der Waals surface area contributed by atoms with E-state index in [0.717, 1.165) is 12.2 Å². The highest BCUT2D eigenvalue weighted by Crippen LogP contribution is 2.22. The normalized spacial score (nSPS) is 13.2. The summed E-state index contributed by atoms with van der Waals surface area (Å²) < 4.78 is 35.3. The molecule has 0 aromatic rings. The van der Waals surface area contributed by atoms with E-state index < -0.39 is 18.0 Å². The second-order valence-corrected chi connectivity index (χ2v) is 4.33. The maximum atomic E-state index is 11.8. The summed E-state index contributed by atoms with van der Waals surface area (Å²) in [6.07, 6.45) is -3.24. The number of carbonyl (C=O) groups is 1. The van der Waals surface area contributed by atoms with Crippen molar-refractivity contribution in [3.8, 4) is 0 Å². The van der Waals surface area contributed by atoms with Gasteiger partial charge in [0, 0.05) is 11.0 Å². The Bertz CT molecular complexity index is 279. The van der Waals surface area contributed by atoms with Crippen LogP contribution in [0.1, 0.15) is 27.2 Å². The fraction of sp³-hybridized carbons (Fsp3) is 0.545. The van der Waals surface area contributed by atoms with E-state index in [-0.39, 0.29) is 11.4 Å².